The van der Waals surface area contributed by atoms with Gasteiger partial charge in [-0.15, -0.1) is 0 Å². The van der Waals surface area contributed by atoms with Gasteiger partial charge in [0.15, 0.2) is 0 Å². The highest BCUT2D eigenvalue weighted by molar-refractivity contribution is 5.35. The van der Waals surface area contributed by atoms with Gasteiger partial charge in [0.05, 0.1) is 12.7 Å². The number of rotatable bonds is 5. The Morgan fingerprint density at radius 2 is 2.06 bits per heavy atom. The van der Waals surface area contributed by atoms with Crippen molar-refractivity contribution in [2.75, 3.05) is 13.2 Å². The van der Waals surface area contributed by atoms with Gasteiger partial charge in [-0.3, -0.25) is 0 Å². The molecule has 4 heteroatoms. The summed E-state index contributed by atoms with van der Waals surface area (Å²) in [5.41, 5.74) is 0.421. The van der Waals surface area contributed by atoms with Crippen LogP contribution in [0.4, 0.5) is 4.39 Å². The van der Waals surface area contributed by atoms with E-state index in [-0.39, 0.29) is 12.5 Å². The first-order chi connectivity index (χ1) is 7.54. The first-order valence-corrected chi connectivity index (χ1v) is 5.25. The van der Waals surface area contributed by atoms with Crippen LogP contribution < -0.4 is 4.74 Å². The minimum Gasteiger partial charge on any atom is -0.493 e. The van der Waals surface area contributed by atoms with E-state index in [2.05, 4.69) is 0 Å². The van der Waals surface area contributed by atoms with Gasteiger partial charge < -0.3 is 14.9 Å². The summed E-state index contributed by atoms with van der Waals surface area (Å²) in [6.45, 7) is 3.76. The van der Waals surface area contributed by atoms with Gasteiger partial charge >= 0.3 is 0 Å². The number of benzene rings is 1. The molecule has 1 unspecified atom stereocenters. The second-order valence-corrected chi connectivity index (χ2v) is 3.96. The standard InChI is InChI=1S/C12H17FO3/c1-8(6-14)7-16-12-4-3-10(13)5-11(12)9(2)15/h3-5,8-9,14-15H,6-7H2,1-2H3/t8?,9-/m1/s1. The number of aliphatic hydroxyl groups is 2. The van der Waals surface area contributed by atoms with Crippen LogP contribution in [-0.2, 0) is 0 Å². The normalized spacial score (nSPS) is 14.6. The molecule has 0 radical (unpaired) electrons. The fourth-order valence-electron chi connectivity index (χ4n) is 1.26. The van der Waals surface area contributed by atoms with Crippen LogP contribution in [0.2, 0.25) is 0 Å². The van der Waals surface area contributed by atoms with Crippen molar-refractivity contribution in [3.63, 3.8) is 0 Å². The highest BCUT2D eigenvalue weighted by Crippen LogP contribution is 2.26. The topological polar surface area (TPSA) is 49.7 Å². The average molecular weight is 228 g/mol. The van der Waals surface area contributed by atoms with E-state index in [1.54, 1.807) is 6.92 Å². The lowest BCUT2D eigenvalue weighted by molar-refractivity contribution is 0.163. The van der Waals surface area contributed by atoms with Crippen molar-refractivity contribution in [2.24, 2.45) is 5.92 Å². The molecular formula is C12H17FO3. The molecule has 1 rings (SSSR count). The molecule has 0 saturated carbocycles. The molecule has 0 aromatic heterocycles. The maximum absolute atomic E-state index is 13.0. The Balaban J connectivity index is 2.78. The van der Waals surface area contributed by atoms with E-state index in [9.17, 15) is 9.50 Å². The number of ether oxygens (including phenoxy) is 1. The van der Waals surface area contributed by atoms with E-state index in [1.807, 2.05) is 6.92 Å². The van der Waals surface area contributed by atoms with Crippen LogP contribution in [0.15, 0.2) is 18.2 Å². The molecular weight excluding hydrogens is 211 g/mol. The van der Waals surface area contributed by atoms with E-state index in [1.165, 1.54) is 18.2 Å². The molecule has 0 fully saturated rings. The van der Waals surface area contributed by atoms with Crippen LogP contribution in [0.3, 0.4) is 0 Å². The summed E-state index contributed by atoms with van der Waals surface area (Å²) in [7, 11) is 0. The second kappa shape index (κ2) is 5.82. The van der Waals surface area contributed by atoms with E-state index >= 15 is 0 Å². The molecule has 3 nitrogen and oxygen atoms in total. The Labute approximate surface area is 94.5 Å². The first-order valence-electron chi connectivity index (χ1n) is 5.25. The van der Waals surface area contributed by atoms with E-state index in [0.29, 0.717) is 17.9 Å². The lowest BCUT2D eigenvalue weighted by Gasteiger charge is -2.15. The first kappa shape index (κ1) is 12.9. The molecule has 2 N–H and O–H groups in total. The van der Waals surface area contributed by atoms with Crippen molar-refractivity contribution in [2.45, 2.75) is 20.0 Å². The highest BCUT2D eigenvalue weighted by atomic mass is 19.1. The Hall–Kier alpha value is -1.13. The zero-order valence-electron chi connectivity index (χ0n) is 9.48. The van der Waals surface area contributed by atoms with Gasteiger partial charge in [-0.2, -0.15) is 0 Å². The number of aliphatic hydroxyl groups excluding tert-OH is 2. The van der Waals surface area contributed by atoms with Gasteiger partial charge in [0.2, 0.25) is 0 Å². The van der Waals surface area contributed by atoms with Crippen molar-refractivity contribution in [1.29, 1.82) is 0 Å². The van der Waals surface area contributed by atoms with Crippen molar-refractivity contribution in [1.82, 2.24) is 0 Å². The molecule has 0 aliphatic heterocycles. The van der Waals surface area contributed by atoms with E-state index < -0.39 is 11.9 Å². The molecule has 1 aromatic carbocycles. The maximum atomic E-state index is 13.0. The van der Waals surface area contributed by atoms with Gasteiger partial charge in [0, 0.05) is 18.1 Å². The zero-order valence-corrected chi connectivity index (χ0v) is 9.48. The monoisotopic (exact) mass is 228 g/mol. The maximum Gasteiger partial charge on any atom is 0.125 e. The minimum absolute atomic E-state index is 0.00639. The van der Waals surface area contributed by atoms with Crippen molar-refractivity contribution in [3.8, 4) is 5.75 Å². The summed E-state index contributed by atoms with van der Waals surface area (Å²) < 4.78 is 18.4. The Morgan fingerprint density at radius 1 is 1.38 bits per heavy atom. The van der Waals surface area contributed by atoms with Crippen LogP contribution >= 0.6 is 0 Å². The molecule has 0 heterocycles. The molecule has 0 amide bonds. The van der Waals surface area contributed by atoms with Gasteiger partial charge in [0.1, 0.15) is 11.6 Å². The molecule has 16 heavy (non-hydrogen) atoms. The average Bonchev–Trinajstić information content (AvgIpc) is 2.26. The summed E-state index contributed by atoms with van der Waals surface area (Å²) in [5.74, 6) is 0.0575. The molecule has 90 valence electrons. The minimum atomic E-state index is -0.782. The number of hydrogen-bond acceptors (Lipinski definition) is 3. The molecule has 2 atom stereocenters. The molecule has 0 saturated heterocycles. The van der Waals surface area contributed by atoms with E-state index in [4.69, 9.17) is 9.84 Å². The fraction of sp³-hybridized carbons (Fsp3) is 0.500. The van der Waals surface area contributed by atoms with Gasteiger partial charge in [-0.05, 0) is 25.1 Å². The lowest BCUT2D eigenvalue weighted by Crippen LogP contribution is -2.13. The third-order valence-corrected chi connectivity index (χ3v) is 2.26. The Bertz CT molecular complexity index is 339. The third-order valence-electron chi connectivity index (χ3n) is 2.26. The van der Waals surface area contributed by atoms with Crippen molar-refractivity contribution >= 4 is 0 Å². The van der Waals surface area contributed by atoms with Crippen LogP contribution in [0, 0.1) is 11.7 Å². The fourth-order valence-corrected chi connectivity index (χ4v) is 1.26. The zero-order chi connectivity index (χ0) is 12.1. The van der Waals surface area contributed by atoms with Crippen LogP contribution in [0.25, 0.3) is 0 Å². The largest absolute Gasteiger partial charge is 0.493 e. The summed E-state index contributed by atoms with van der Waals surface area (Å²) in [6, 6.07) is 4.02. The molecule has 0 aliphatic rings. The molecule has 0 aliphatic carbocycles. The molecule has 0 spiro atoms. The van der Waals surface area contributed by atoms with Crippen molar-refractivity contribution < 1.29 is 19.3 Å². The lowest BCUT2D eigenvalue weighted by atomic mass is 10.1. The summed E-state index contributed by atoms with van der Waals surface area (Å²) in [5, 5.41) is 18.3. The summed E-state index contributed by atoms with van der Waals surface area (Å²) in [6.07, 6.45) is -0.782. The summed E-state index contributed by atoms with van der Waals surface area (Å²) >= 11 is 0. The quantitative estimate of drug-likeness (QED) is 0.809. The molecule has 0 bridgehead atoms. The predicted octanol–water partition coefficient (Wildman–Crippen LogP) is 1.89. The third kappa shape index (κ3) is 3.47. The van der Waals surface area contributed by atoms with Crippen LogP contribution in [-0.4, -0.2) is 23.4 Å². The van der Waals surface area contributed by atoms with Crippen molar-refractivity contribution in [3.05, 3.63) is 29.6 Å². The second-order valence-electron chi connectivity index (χ2n) is 3.96. The van der Waals surface area contributed by atoms with Crippen LogP contribution in [0.5, 0.6) is 5.75 Å². The SMILES string of the molecule is CC(CO)COc1ccc(F)cc1[C@@H](C)O. The number of halogens is 1. The van der Waals surface area contributed by atoms with Gasteiger partial charge in [0.25, 0.3) is 0 Å². The smallest absolute Gasteiger partial charge is 0.125 e. The van der Waals surface area contributed by atoms with E-state index in [0.717, 1.165) is 0 Å². The van der Waals surface area contributed by atoms with Crippen LogP contribution in [0.1, 0.15) is 25.5 Å². The van der Waals surface area contributed by atoms with Gasteiger partial charge in [-0.25, -0.2) is 4.39 Å². The highest BCUT2D eigenvalue weighted by Gasteiger charge is 2.11. The Morgan fingerprint density at radius 3 is 2.62 bits per heavy atom. The molecule has 1 aromatic rings. The van der Waals surface area contributed by atoms with Gasteiger partial charge in [-0.1, -0.05) is 6.92 Å². The Kier molecular flexibility index (Phi) is 4.71. The predicted molar refractivity (Wildman–Crippen MR) is 58.8 cm³/mol. The number of hydrogen-bond donors (Lipinski definition) is 2. The summed E-state index contributed by atoms with van der Waals surface area (Å²) in [4.78, 5) is 0.